The molecular formula is C48H31NO. The van der Waals surface area contributed by atoms with Crippen LogP contribution in [0.4, 0.5) is 17.1 Å². The highest BCUT2D eigenvalue weighted by molar-refractivity contribution is 6.22. The number of para-hydroxylation sites is 1. The summed E-state index contributed by atoms with van der Waals surface area (Å²) < 4.78 is 285. The summed E-state index contributed by atoms with van der Waals surface area (Å²) in [6, 6.07) is -31.3. The maximum absolute atomic E-state index is 9.95. The van der Waals surface area contributed by atoms with Crippen molar-refractivity contribution >= 4 is 71.3 Å². The molecule has 50 heavy (non-hydrogen) atoms. The van der Waals surface area contributed by atoms with E-state index in [1.54, 1.807) is 0 Å². The van der Waals surface area contributed by atoms with Gasteiger partial charge in [-0.2, -0.15) is 0 Å². The fourth-order valence-electron chi connectivity index (χ4n) is 5.47. The molecule has 2 nitrogen and oxygen atoms in total. The summed E-state index contributed by atoms with van der Waals surface area (Å²) in [5.41, 5.74) is -8.38. The summed E-state index contributed by atoms with van der Waals surface area (Å²) in [5.74, 6) is 0. The largest absolute Gasteiger partial charge is 0.455 e. The van der Waals surface area contributed by atoms with Gasteiger partial charge in [-0.3, -0.25) is 0 Å². The van der Waals surface area contributed by atoms with Gasteiger partial charge in [0.2, 0.25) is 0 Å². The number of fused-ring (bicyclic) bond motifs is 8. The minimum absolute atomic E-state index is 0.409. The number of rotatable bonds is 5. The molecule has 10 aromatic rings. The van der Waals surface area contributed by atoms with Crippen LogP contribution >= 0.6 is 0 Å². The predicted octanol–water partition coefficient (Wildman–Crippen LogP) is 13.8. The Morgan fingerprint density at radius 3 is 1.66 bits per heavy atom. The van der Waals surface area contributed by atoms with E-state index in [0.29, 0.717) is 4.90 Å². The zero-order valence-corrected chi connectivity index (χ0v) is 24.9. The highest BCUT2D eigenvalue weighted by atomic mass is 16.3. The van der Waals surface area contributed by atoms with Gasteiger partial charge in [0.25, 0.3) is 0 Å². The molecule has 0 spiro atoms. The normalized spacial score (nSPS) is 20.3. The summed E-state index contributed by atoms with van der Waals surface area (Å²) in [6.07, 6.45) is 0. The molecule has 0 N–H and O–H groups in total. The molecule has 0 saturated carbocycles. The van der Waals surface area contributed by atoms with Crippen LogP contribution in [-0.2, 0) is 0 Å². The number of benzene rings is 9. The van der Waals surface area contributed by atoms with E-state index in [-0.39, 0.29) is 0 Å². The highest BCUT2D eigenvalue weighted by Gasteiger charge is 2.22. The average Bonchev–Trinajstić information content (AvgIpc) is 3.88. The molecule has 1 aromatic heterocycles. The zero-order valence-electron chi connectivity index (χ0n) is 55.9. The Balaban J connectivity index is 1.44. The molecule has 0 atom stereocenters. The number of nitrogens with zero attached hydrogens (tertiary/aromatic N) is 1. The lowest BCUT2D eigenvalue weighted by atomic mass is 9.97. The summed E-state index contributed by atoms with van der Waals surface area (Å²) in [6.45, 7) is 0. The molecule has 0 saturated heterocycles. The van der Waals surface area contributed by atoms with Crippen molar-refractivity contribution in [3.05, 3.63) is 187 Å². The van der Waals surface area contributed by atoms with Crippen LogP contribution in [0.15, 0.2) is 192 Å². The highest BCUT2D eigenvalue weighted by Crippen LogP contribution is 2.46. The van der Waals surface area contributed by atoms with Gasteiger partial charge in [-0.25, -0.2) is 0 Å². The van der Waals surface area contributed by atoms with Gasteiger partial charge in [0, 0.05) is 22.1 Å². The van der Waals surface area contributed by atoms with E-state index < -0.39 is 281 Å². The molecule has 0 aliphatic heterocycles. The first-order valence-corrected chi connectivity index (χ1v) is 14.6. The van der Waals surface area contributed by atoms with Gasteiger partial charge in [-0.15, -0.1) is 0 Å². The van der Waals surface area contributed by atoms with Crippen LogP contribution < -0.4 is 4.90 Å². The Bertz CT molecular complexity index is 4580. The van der Waals surface area contributed by atoms with E-state index >= 15 is 0 Å². The van der Waals surface area contributed by atoms with Gasteiger partial charge >= 0.3 is 0 Å². The molecule has 0 amide bonds. The van der Waals surface area contributed by atoms with E-state index in [2.05, 4.69) is 0 Å². The first kappa shape index (κ1) is 11.2. The first-order chi connectivity index (χ1) is 37.7. The third kappa shape index (κ3) is 4.65. The summed E-state index contributed by atoms with van der Waals surface area (Å²) in [7, 11) is 0. The average molecular weight is 669 g/mol. The topological polar surface area (TPSA) is 16.4 Å². The summed E-state index contributed by atoms with van der Waals surface area (Å²) in [5, 5.41) is -5.08. The van der Waals surface area contributed by atoms with Gasteiger partial charge < -0.3 is 9.32 Å². The second kappa shape index (κ2) is 11.5. The van der Waals surface area contributed by atoms with Crippen LogP contribution in [0.25, 0.3) is 76.5 Å². The van der Waals surface area contributed by atoms with Crippen molar-refractivity contribution in [3.63, 3.8) is 0 Å². The van der Waals surface area contributed by atoms with Crippen LogP contribution in [0, 0.1) is 0 Å². The maximum Gasteiger partial charge on any atom is 0.145 e. The van der Waals surface area contributed by atoms with E-state index in [9.17, 15) is 16.4 Å². The third-order valence-corrected chi connectivity index (χ3v) is 7.69. The second-order valence-electron chi connectivity index (χ2n) is 10.5. The first-order valence-electron chi connectivity index (χ1n) is 30.1. The quantitative estimate of drug-likeness (QED) is 0.170. The molecule has 1 heterocycles. The smallest absolute Gasteiger partial charge is 0.145 e. The molecule has 0 aliphatic rings. The van der Waals surface area contributed by atoms with Crippen LogP contribution in [-0.4, -0.2) is 0 Å². The number of hydrogen-bond acceptors (Lipinski definition) is 2. The number of furan rings is 1. The SMILES string of the molecule is [2H]c1c([2H])c([2H])c(-c2c([2H])c([2H])c(N(c3c([2H])c([2H])c(-c4c([2H])c([2H])c5c(c4[2H])c([2H])c([2H])c4c([2H])c([2H])c([2H])c([2H])c45)c([2H])c3[2H])c3c([2H])c4c([2H])c([2H])c([2H])c([2H])c4c4oc5c([2H])c([2H])c([2H])c([2H])c5c34)c([2H])c2[2H])c([2H])c1[2H]. The number of anilines is 3. The zero-order chi connectivity index (χ0) is 60.0. The van der Waals surface area contributed by atoms with Crippen molar-refractivity contribution in [3.8, 4) is 22.3 Å². The Morgan fingerprint density at radius 2 is 0.900 bits per heavy atom. The molecular weight excluding hydrogens is 607 g/mol. The molecule has 0 aliphatic carbocycles. The molecule has 0 radical (unpaired) electrons. The fourth-order valence-corrected chi connectivity index (χ4v) is 5.47. The Morgan fingerprint density at radius 1 is 0.380 bits per heavy atom. The lowest BCUT2D eigenvalue weighted by Gasteiger charge is -2.27. The van der Waals surface area contributed by atoms with Gasteiger partial charge in [-0.05, 0) is 91.5 Å². The fraction of sp³-hybridized carbons (Fsp3) is 0. The molecule has 0 unspecified atom stereocenters. The van der Waals surface area contributed by atoms with Gasteiger partial charge in [0.05, 0.1) is 53.6 Å². The second-order valence-corrected chi connectivity index (χ2v) is 10.5. The molecule has 10 rings (SSSR count). The van der Waals surface area contributed by atoms with E-state index in [1.165, 1.54) is 0 Å². The maximum atomic E-state index is 9.95. The van der Waals surface area contributed by atoms with Crippen molar-refractivity contribution in [2.45, 2.75) is 0 Å². The van der Waals surface area contributed by atoms with Crippen molar-refractivity contribution in [1.82, 2.24) is 0 Å². The van der Waals surface area contributed by atoms with Crippen molar-refractivity contribution in [2.75, 3.05) is 4.90 Å². The molecule has 0 fully saturated rings. The van der Waals surface area contributed by atoms with Crippen LogP contribution in [0.2, 0.25) is 0 Å². The molecule has 9 aromatic carbocycles. The monoisotopic (exact) mass is 668 g/mol. The van der Waals surface area contributed by atoms with Crippen molar-refractivity contribution in [2.24, 2.45) is 0 Å². The lowest BCUT2D eigenvalue weighted by molar-refractivity contribution is 0.672. The summed E-state index contributed by atoms with van der Waals surface area (Å²) in [4.78, 5) is 0.409. The van der Waals surface area contributed by atoms with Crippen molar-refractivity contribution in [1.29, 1.82) is 0 Å². The van der Waals surface area contributed by atoms with Gasteiger partial charge in [-0.1, -0.05) is 145 Å². The minimum atomic E-state index is -1.31. The van der Waals surface area contributed by atoms with Crippen LogP contribution in [0.5, 0.6) is 0 Å². The predicted molar refractivity (Wildman–Crippen MR) is 212 cm³/mol. The Hall–Kier alpha value is -6.64. The Kier molecular flexibility index (Phi) is 2.58. The standard InChI is InChI=1S/C48H31NO/c1-2-10-32(11-3-1)33-20-25-39(26-21-33)49(45-31-37-13-5-7-15-43(37)48-47(45)44-16-8-9-17-46(44)50-48)40-27-22-34(23-28-40)36-24-29-42-38(30-36)19-18-35-12-4-6-14-41(35)42/h1-31H/i1D,2D,3D,4D,5D,6D,7D,8D,9D,10D,11D,12D,13D,14D,15D,16D,17D,18D,19D,20D,21D,22D,23D,24D,25D,26D,27D,28D,29D,30D,31D. The van der Waals surface area contributed by atoms with E-state index in [4.69, 9.17) is 30.5 Å². The van der Waals surface area contributed by atoms with Crippen LogP contribution in [0.3, 0.4) is 0 Å². The van der Waals surface area contributed by atoms with Gasteiger partial charge in [0.1, 0.15) is 11.2 Å². The molecule has 2 heteroatoms. The van der Waals surface area contributed by atoms with Gasteiger partial charge in [0.15, 0.2) is 0 Å². The molecule has 234 valence electrons. The summed E-state index contributed by atoms with van der Waals surface area (Å²) >= 11 is 0. The minimum Gasteiger partial charge on any atom is -0.455 e. The lowest BCUT2D eigenvalue weighted by Crippen LogP contribution is -2.10. The Labute approximate surface area is 333 Å². The van der Waals surface area contributed by atoms with Crippen LogP contribution in [0.1, 0.15) is 42.5 Å². The van der Waals surface area contributed by atoms with Crippen molar-refractivity contribution < 1.29 is 46.9 Å². The third-order valence-electron chi connectivity index (χ3n) is 7.69. The van der Waals surface area contributed by atoms with E-state index in [0.717, 1.165) is 0 Å². The molecule has 0 bridgehead atoms. The number of hydrogen-bond donors (Lipinski definition) is 0. The van der Waals surface area contributed by atoms with E-state index in [1.807, 2.05) is 0 Å².